The SMILES string of the molecule is COc1ccccc1-c1nnc(S(C)(=O)=O)o1. The van der Waals surface area contributed by atoms with E-state index in [1.54, 1.807) is 24.3 Å². The number of para-hydroxylation sites is 1. The van der Waals surface area contributed by atoms with E-state index in [9.17, 15) is 8.42 Å². The van der Waals surface area contributed by atoms with Crippen LogP contribution in [-0.4, -0.2) is 32.0 Å². The zero-order valence-electron chi connectivity index (χ0n) is 9.25. The Morgan fingerprint density at radius 1 is 1.24 bits per heavy atom. The maximum absolute atomic E-state index is 11.2. The molecule has 90 valence electrons. The molecule has 0 fully saturated rings. The molecule has 2 rings (SSSR count). The molecule has 0 aliphatic heterocycles. The van der Waals surface area contributed by atoms with Crippen molar-refractivity contribution in [3.63, 3.8) is 0 Å². The van der Waals surface area contributed by atoms with Gasteiger partial charge in [-0.1, -0.05) is 17.2 Å². The molecule has 0 aliphatic rings. The third-order valence-corrected chi connectivity index (χ3v) is 2.86. The first kappa shape index (κ1) is 11.6. The average Bonchev–Trinajstić information content (AvgIpc) is 2.77. The third-order valence-electron chi connectivity index (χ3n) is 2.06. The highest BCUT2D eigenvalue weighted by atomic mass is 32.2. The van der Waals surface area contributed by atoms with E-state index in [2.05, 4.69) is 10.2 Å². The molecule has 2 aromatic rings. The largest absolute Gasteiger partial charge is 0.496 e. The molecule has 1 aromatic heterocycles. The molecular weight excluding hydrogens is 244 g/mol. The van der Waals surface area contributed by atoms with Crippen LogP contribution in [0, 0.1) is 0 Å². The van der Waals surface area contributed by atoms with Crippen molar-refractivity contribution in [2.75, 3.05) is 13.4 Å². The number of sulfone groups is 1. The summed E-state index contributed by atoms with van der Waals surface area (Å²) in [4.78, 5) is 0. The second kappa shape index (κ2) is 4.17. The van der Waals surface area contributed by atoms with Gasteiger partial charge in [-0.25, -0.2) is 8.42 Å². The van der Waals surface area contributed by atoms with E-state index in [0.717, 1.165) is 6.26 Å². The lowest BCUT2D eigenvalue weighted by molar-refractivity contribution is 0.409. The fourth-order valence-corrected chi connectivity index (χ4v) is 1.71. The molecular formula is C10H10N2O4S. The molecule has 0 atom stereocenters. The fourth-order valence-electron chi connectivity index (χ4n) is 1.29. The molecule has 0 bridgehead atoms. The standard InChI is InChI=1S/C10H10N2O4S/c1-15-8-6-4-3-5-7(8)9-11-12-10(16-9)17(2,13)14/h3-6H,1-2H3. The molecule has 0 N–H and O–H groups in total. The van der Waals surface area contributed by atoms with E-state index < -0.39 is 15.1 Å². The van der Waals surface area contributed by atoms with Crippen molar-refractivity contribution in [2.24, 2.45) is 0 Å². The van der Waals surface area contributed by atoms with Crippen LogP contribution in [0.4, 0.5) is 0 Å². The number of aromatic nitrogens is 2. The third kappa shape index (κ3) is 2.28. The fraction of sp³-hybridized carbons (Fsp3) is 0.200. The van der Waals surface area contributed by atoms with Crippen molar-refractivity contribution in [3.05, 3.63) is 24.3 Å². The Bertz CT molecular complexity index is 633. The molecule has 0 radical (unpaired) electrons. The van der Waals surface area contributed by atoms with Gasteiger partial charge in [0.15, 0.2) is 0 Å². The van der Waals surface area contributed by atoms with Gasteiger partial charge in [-0.05, 0) is 12.1 Å². The number of methoxy groups -OCH3 is 1. The van der Waals surface area contributed by atoms with Crippen molar-refractivity contribution in [1.29, 1.82) is 0 Å². The summed E-state index contributed by atoms with van der Waals surface area (Å²) in [6.07, 6.45) is 1.01. The van der Waals surface area contributed by atoms with Gasteiger partial charge in [0.05, 0.1) is 12.7 Å². The van der Waals surface area contributed by atoms with E-state index in [-0.39, 0.29) is 5.89 Å². The minimum absolute atomic E-state index is 0.114. The lowest BCUT2D eigenvalue weighted by Crippen LogP contribution is -1.96. The molecule has 1 heterocycles. The van der Waals surface area contributed by atoms with Gasteiger partial charge in [0.25, 0.3) is 5.89 Å². The van der Waals surface area contributed by atoms with Crippen molar-refractivity contribution in [2.45, 2.75) is 5.22 Å². The summed E-state index contributed by atoms with van der Waals surface area (Å²) in [5.41, 5.74) is 0.553. The van der Waals surface area contributed by atoms with Crippen molar-refractivity contribution < 1.29 is 17.6 Å². The molecule has 0 aliphatic carbocycles. The van der Waals surface area contributed by atoms with Gasteiger partial charge in [0, 0.05) is 6.26 Å². The summed E-state index contributed by atoms with van der Waals surface area (Å²) in [5, 5.41) is 6.76. The molecule has 0 unspecified atom stereocenters. The minimum Gasteiger partial charge on any atom is -0.496 e. The van der Waals surface area contributed by atoms with Crippen molar-refractivity contribution >= 4 is 9.84 Å². The zero-order valence-corrected chi connectivity index (χ0v) is 10.1. The first-order valence-corrected chi connectivity index (χ1v) is 6.58. The second-order valence-corrected chi connectivity index (χ2v) is 5.24. The summed E-state index contributed by atoms with van der Waals surface area (Å²) >= 11 is 0. The van der Waals surface area contributed by atoms with E-state index in [1.165, 1.54) is 7.11 Å². The van der Waals surface area contributed by atoms with Crippen LogP contribution in [-0.2, 0) is 9.84 Å². The van der Waals surface area contributed by atoms with Gasteiger partial charge in [0.1, 0.15) is 5.75 Å². The predicted molar refractivity (Wildman–Crippen MR) is 59.4 cm³/mol. The van der Waals surface area contributed by atoms with Gasteiger partial charge >= 0.3 is 5.22 Å². The summed E-state index contributed by atoms with van der Waals surface area (Å²) in [5.74, 6) is 0.652. The number of hydrogen-bond donors (Lipinski definition) is 0. The predicted octanol–water partition coefficient (Wildman–Crippen LogP) is 1.15. The first-order chi connectivity index (χ1) is 8.02. The molecule has 1 aromatic carbocycles. The molecule has 0 amide bonds. The Labute approximate surface area is 98.2 Å². The Hall–Kier alpha value is -1.89. The lowest BCUT2D eigenvalue weighted by Gasteiger charge is -2.02. The normalized spacial score (nSPS) is 11.4. The quantitative estimate of drug-likeness (QED) is 0.817. The first-order valence-electron chi connectivity index (χ1n) is 4.69. The van der Waals surface area contributed by atoms with Crippen LogP contribution in [0.1, 0.15) is 0 Å². The summed E-state index contributed by atoms with van der Waals surface area (Å²) < 4.78 is 32.6. The van der Waals surface area contributed by atoms with Gasteiger partial charge in [-0.3, -0.25) is 0 Å². The Morgan fingerprint density at radius 2 is 1.94 bits per heavy atom. The van der Waals surface area contributed by atoms with Gasteiger partial charge in [-0.15, -0.1) is 5.10 Å². The zero-order chi connectivity index (χ0) is 12.5. The Kier molecular flexibility index (Phi) is 2.84. The highest BCUT2D eigenvalue weighted by Gasteiger charge is 2.19. The van der Waals surface area contributed by atoms with Crippen LogP contribution in [0.25, 0.3) is 11.5 Å². The van der Waals surface area contributed by atoms with E-state index in [0.29, 0.717) is 11.3 Å². The lowest BCUT2D eigenvalue weighted by atomic mass is 10.2. The average molecular weight is 254 g/mol. The maximum atomic E-state index is 11.2. The monoisotopic (exact) mass is 254 g/mol. The van der Waals surface area contributed by atoms with Crippen LogP contribution < -0.4 is 4.74 Å². The Morgan fingerprint density at radius 3 is 2.53 bits per heavy atom. The van der Waals surface area contributed by atoms with E-state index in [4.69, 9.17) is 9.15 Å². The van der Waals surface area contributed by atoms with Crippen LogP contribution in [0.2, 0.25) is 0 Å². The number of ether oxygens (including phenoxy) is 1. The number of hydrogen-bond acceptors (Lipinski definition) is 6. The Balaban J connectivity index is 2.51. The highest BCUT2D eigenvalue weighted by molar-refractivity contribution is 7.90. The summed E-state index contributed by atoms with van der Waals surface area (Å²) in [7, 11) is -1.98. The maximum Gasteiger partial charge on any atom is 0.335 e. The van der Waals surface area contributed by atoms with Crippen LogP contribution in [0.3, 0.4) is 0 Å². The topological polar surface area (TPSA) is 82.3 Å². The number of rotatable bonds is 3. The smallest absolute Gasteiger partial charge is 0.335 e. The molecule has 0 saturated heterocycles. The van der Waals surface area contributed by atoms with Gasteiger partial charge < -0.3 is 9.15 Å². The highest BCUT2D eigenvalue weighted by Crippen LogP contribution is 2.28. The number of benzene rings is 1. The van der Waals surface area contributed by atoms with Crippen LogP contribution in [0.15, 0.2) is 33.9 Å². The van der Waals surface area contributed by atoms with Crippen LogP contribution >= 0.6 is 0 Å². The molecule has 0 saturated carbocycles. The molecule has 7 heteroatoms. The van der Waals surface area contributed by atoms with Crippen molar-refractivity contribution in [3.8, 4) is 17.2 Å². The van der Waals surface area contributed by atoms with E-state index in [1.807, 2.05) is 0 Å². The summed E-state index contributed by atoms with van der Waals surface area (Å²) in [6, 6.07) is 6.98. The van der Waals surface area contributed by atoms with Gasteiger partial charge in [-0.2, -0.15) is 0 Å². The second-order valence-electron chi connectivity index (χ2n) is 3.35. The molecule has 0 spiro atoms. The number of nitrogens with zero attached hydrogens (tertiary/aromatic N) is 2. The summed E-state index contributed by atoms with van der Waals surface area (Å²) in [6.45, 7) is 0. The van der Waals surface area contributed by atoms with Crippen LogP contribution in [0.5, 0.6) is 5.75 Å². The molecule has 6 nitrogen and oxygen atoms in total. The molecule has 17 heavy (non-hydrogen) atoms. The van der Waals surface area contributed by atoms with Gasteiger partial charge in [0.2, 0.25) is 9.84 Å². The van der Waals surface area contributed by atoms with E-state index >= 15 is 0 Å². The minimum atomic E-state index is -3.49. The van der Waals surface area contributed by atoms with Crippen molar-refractivity contribution in [1.82, 2.24) is 10.2 Å².